The van der Waals surface area contributed by atoms with Crippen LogP contribution >= 0.6 is 0 Å². The molecule has 7 nitrogen and oxygen atoms in total. The predicted octanol–water partition coefficient (Wildman–Crippen LogP) is 2.84. The number of hydrogen-bond donors (Lipinski definition) is 2. The van der Waals surface area contributed by atoms with Gasteiger partial charge in [0.25, 0.3) is 0 Å². The van der Waals surface area contributed by atoms with E-state index in [1.165, 1.54) is 0 Å². The van der Waals surface area contributed by atoms with Crippen LogP contribution in [0.15, 0.2) is 30.3 Å². The minimum Gasteiger partial charge on any atom is -0.445 e. The number of carbonyl (C=O) groups excluding carboxylic acids is 3. The van der Waals surface area contributed by atoms with Gasteiger partial charge in [-0.1, -0.05) is 50.6 Å². The van der Waals surface area contributed by atoms with Crippen LogP contribution in [-0.2, 0) is 20.9 Å². The Balaban J connectivity index is 1.90. The Morgan fingerprint density at radius 2 is 1.69 bits per heavy atom. The van der Waals surface area contributed by atoms with Gasteiger partial charge in [-0.2, -0.15) is 0 Å². The molecule has 1 heterocycles. The third-order valence-electron chi connectivity index (χ3n) is 5.38. The molecule has 1 fully saturated rings. The lowest BCUT2D eigenvalue weighted by molar-refractivity contribution is -0.137. The zero-order valence-corrected chi connectivity index (χ0v) is 17.6. The Bertz CT molecular complexity index is 674. The summed E-state index contributed by atoms with van der Waals surface area (Å²) >= 11 is 0. The normalized spacial score (nSPS) is 17.0. The molecule has 160 valence electrons. The fraction of sp³-hybridized carbons (Fsp3) is 0.591. The molecule has 1 saturated heterocycles. The summed E-state index contributed by atoms with van der Waals surface area (Å²) in [4.78, 5) is 39.4. The van der Waals surface area contributed by atoms with Gasteiger partial charge in [0.2, 0.25) is 11.8 Å². The van der Waals surface area contributed by atoms with Crippen LogP contribution in [-0.4, -0.2) is 48.0 Å². The highest BCUT2D eigenvalue weighted by Gasteiger charge is 2.30. The van der Waals surface area contributed by atoms with E-state index in [0.29, 0.717) is 6.42 Å². The number of piperidine rings is 1. The molecular formula is C22H33N3O4. The third-order valence-corrected chi connectivity index (χ3v) is 5.38. The molecule has 1 aliphatic heterocycles. The highest BCUT2D eigenvalue weighted by Crippen LogP contribution is 2.12. The van der Waals surface area contributed by atoms with Gasteiger partial charge < -0.3 is 20.3 Å². The highest BCUT2D eigenvalue weighted by molar-refractivity contribution is 5.91. The van der Waals surface area contributed by atoms with Gasteiger partial charge in [-0.25, -0.2) is 4.79 Å². The van der Waals surface area contributed by atoms with Crippen LogP contribution < -0.4 is 10.6 Å². The maximum atomic E-state index is 12.8. The topological polar surface area (TPSA) is 87.7 Å². The van der Waals surface area contributed by atoms with Crippen LogP contribution in [0.2, 0.25) is 0 Å². The van der Waals surface area contributed by atoms with Crippen molar-refractivity contribution in [3.05, 3.63) is 35.9 Å². The maximum Gasteiger partial charge on any atom is 0.408 e. The Hall–Kier alpha value is -2.57. The number of carbonyl (C=O) groups is 3. The second-order valence-corrected chi connectivity index (χ2v) is 7.69. The lowest BCUT2D eigenvalue weighted by Crippen LogP contribution is -2.55. The van der Waals surface area contributed by atoms with Crippen molar-refractivity contribution >= 4 is 17.9 Å². The summed E-state index contributed by atoms with van der Waals surface area (Å²) in [7, 11) is 0. The van der Waals surface area contributed by atoms with Crippen molar-refractivity contribution in [3.8, 4) is 0 Å². The summed E-state index contributed by atoms with van der Waals surface area (Å²) in [5.41, 5.74) is 0.868. The van der Waals surface area contributed by atoms with Gasteiger partial charge in [0.05, 0.1) is 0 Å². The van der Waals surface area contributed by atoms with Gasteiger partial charge in [-0.15, -0.1) is 0 Å². The Kier molecular flexibility index (Phi) is 8.96. The standard InChI is InChI=1S/C22H33N3O4/c1-4-16(2)19(24-22(28)29-15-18-11-7-5-8-12-18)20(26)23-17(3)21(27)25-13-9-6-10-14-25/h5,7-8,11-12,16-17,19H,4,6,9-10,13-15H2,1-3H3,(H,23,26)(H,24,28)/t16-,17+,19+/m1/s1. The first-order chi connectivity index (χ1) is 13.9. The molecule has 1 aromatic carbocycles. The molecule has 7 heteroatoms. The number of ether oxygens (including phenoxy) is 1. The minimum atomic E-state index is -0.764. The van der Waals surface area contributed by atoms with E-state index in [0.717, 1.165) is 37.9 Å². The van der Waals surface area contributed by atoms with Crippen molar-refractivity contribution in [2.24, 2.45) is 5.92 Å². The van der Waals surface area contributed by atoms with Gasteiger partial charge in [0, 0.05) is 13.1 Å². The summed E-state index contributed by atoms with van der Waals surface area (Å²) in [5, 5.41) is 5.43. The summed E-state index contributed by atoms with van der Waals surface area (Å²) < 4.78 is 5.25. The van der Waals surface area contributed by atoms with Crippen molar-refractivity contribution in [1.82, 2.24) is 15.5 Å². The van der Waals surface area contributed by atoms with Gasteiger partial charge in [0.1, 0.15) is 18.7 Å². The summed E-state index contributed by atoms with van der Waals surface area (Å²) in [6.07, 6.45) is 3.18. The minimum absolute atomic E-state index is 0.0763. The first-order valence-electron chi connectivity index (χ1n) is 10.5. The smallest absolute Gasteiger partial charge is 0.408 e. The van der Waals surface area contributed by atoms with Crippen molar-refractivity contribution in [3.63, 3.8) is 0 Å². The molecule has 1 aromatic rings. The zero-order valence-electron chi connectivity index (χ0n) is 17.6. The Morgan fingerprint density at radius 3 is 2.31 bits per heavy atom. The van der Waals surface area contributed by atoms with Crippen LogP contribution in [0, 0.1) is 5.92 Å². The van der Waals surface area contributed by atoms with Crippen molar-refractivity contribution < 1.29 is 19.1 Å². The number of benzene rings is 1. The van der Waals surface area contributed by atoms with Crippen LogP contribution in [0.5, 0.6) is 0 Å². The molecule has 1 aliphatic rings. The SMILES string of the molecule is CC[C@@H](C)[C@H](NC(=O)OCc1ccccc1)C(=O)N[C@@H](C)C(=O)N1CCCCC1. The largest absolute Gasteiger partial charge is 0.445 e. The van der Waals surface area contributed by atoms with E-state index in [9.17, 15) is 14.4 Å². The average Bonchev–Trinajstić information content (AvgIpc) is 2.76. The third kappa shape index (κ3) is 7.07. The van der Waals surface area contributed by atoms with Crippen LogP contribution in [0.25, 0.3) is 0 Å². The number of hydrogen-bond acceptors (Lipinski definition) is 4. The molecule has 0 aromatic heterocycles. The Labute approximate surface area is 173 Å². The number of amides is 3. The fourth-order valence-electron chi connectivity index (χ4n) is 3.35. The molecule has 2 N–H and O–H groups in total. The summed E-state index contributed by atoms with van der Waals surface area (Å²) in [6.45, 7) is 7.13. The van der Waals surface area contributed by atoms with Crippen LogP contribution in [0.4, 0.5) is 4.79 Å². The monoisotopic (exact) mass is 403 g/mol. The zero-order chi connectivity index (χ0) is 21.2. The molecule has 0 unspecified atom stereocenters. The van der Waals surface area contributed by atoms with Crippen LogP contribution in [0.1, 0.15) is 52.0 Å². The van der Waals surface area contributed by atoms with E-state index in [1.807, 2.05) is 44.2 Å². The Morgan fingerprint density at radius 1 is 1.03 bits per heavy atom. The predicted molar refractivity (Wildman–Crippen MR) is 111 cm³/mol. The molecule has 0 bridgehead atoms. The van der Waals surface area contributed by atoms with Crippen molar-refractivity contribution in [2.45, 2.75) is 65.1 Å². The van der Waals surface area contributed by atoms with E-state index in [4.69, 9.17) is 4.74 Å². The van der Waals surface area contributed by atoms with Crippen molar-refractivity contribution in [2.75, 3.05) is 13.1 Å². The molecule has 2 rings (SSSR count). The first-order valence-corrected chi connectivity index (χ1v) is 10.5. The lowest BCUT2D eigenvalue weighted by Gasteiger charge is -2.30. The summed E-state index contributed by atoms with van der Waals surface area (Å²) in [5.74, 6) is -0.543. The number of nitrogens with zero attached hydrogens (tertiary/aromatic N) is 1. The van der Waals surface area contributed by atoms with Crippen molar-refractivity contribution in [1.29, 1.82) is 0 Å². The summed E-state index contributed by atoms with van der Waals surface area (Å²) in [6, 6.07) is 7.95. The van der Waals surface area contributed by atoms with Gasteiger partial charge in [-0.05, 0) is 37.7 Å². The van der Waals surface area contributed by atoms with Gasteiger partial charge in [0.15, 0.2) is 0 Å². The molecule has 0 aliphatic carbocycles. The van der Waals surface area contributed by atoms with E-state index in [1.54, 1.807) is 11.8 Å². The van der Waals surface area contributed by atoms with Gasteiger partial charge in [-0.3, -0.25) is 9.59 Å². The average molecular weight is 404 g/mol. The first kappa shape index (κ1) is 22.7. The van der Waals surface area contributed by atoms with Gasteiger partial charge >= 0.3 is 6.09 Å². The number of likely N-dealkylation sites (tertiary alicyclic amines) is 1. The molecule has 0 radical (unpaired) electrons. The van der Waals surface area contributed by atoms with E-state index >= 15 is 0 Å². The van der Waals surface area contributed by atoms with E-state index < -0.39 is 18.2 Å². The molecule has 0 spiro atoms. The maximum absolute atomic E-state index is 12.8. The second kappa shape index (κ2) is 11.4. The molecule has 3 amide bonds. The quantitative estimate of drug-likeness (QED) is 0.699. The molecule has 29 heavy (non-hydrogen) atoms. The number of rotatable bonds is 8. The number of alkyl carbamates (subject to hydrolysis) is 1. The number of nitrogens with one attached hydrogen (secondary N) is 2. The van der Waals surface area contributed by atoms with Crippen LogP contribution in [0.3, 0.4) is 0 Å². The molecule has 0 saturated carbocycles. The second-order valence-electron chi connectivity index (χ2n) is 7.69. The molecular weight excluding hydrogens is 370 g/mol. The highest BCUT2D eigenvalue weighted by atomic mass is 16.5. The van der Waals surface area contributed by atoms with E-state index in [-0.39, 0.29) is 24.3 Å². The fourth-order valence-corrected chi connectivity index (χ4v) is 3.35. The van der Waals surface area contributed by atoms with E-state index in [2.05, 4.69) is 10.6 Å². The lowest BCUT2D eigenvalue weighted by atomic mass is 9.98. The molecule has 3 atom stereocenters.